The summed E-state index contributed by atoms with van der Waals surface area (Å²) in [6, 6.07) is 17.4. The molecule has 0 aliphatic carbocycles. The maximum atomic E-state index is 13.3. The Kier molecular flexibility index (Phi) is 4.67. The van der Waals surface area contributed by atoms with Crippen LogP contribution < -0.4 is 9.47 Å². The smallest absolute Gasteiger partial charge is 0.187 e. The molecule has 0 aromatic heterocycles. The van der Waals surface area contributed by atoms with Crippen molar-refractivity contribution in [1.82, 2.24) is 0 Å². The van der Waals surface area contributed by atoms with Gasteiger partial charge in [0.15, 0.2) is 17.2 Å². The summed E-state index contributed by atoms with van der Waals surface area (Å²) in [4.78, 5) is 3.42. The Hall–Kier alpha value is -3.32. The summed E-state index contributed by atoms with van der Waals surface area (Å²) in [5.74, 6) is 0.924. The molecule has 25 heavy (non-hydrogen) atoms. The summed E-state index contributed by atoms with van der Waals surface area (Å²) in [5, 5.41) is 0. The van der Waals surface area contributed by atoms with Gasteiger partial charge in [0.05, 0.1) is 20.8 Å². The predicted octanol–water partition coefficient (Wildman–Crippen LogP) is 5.73. The van der Waals surface area contributed by atoms with Crippen LogP contribution in [0.1, 0.15) is 0 Å². The third-order valence-electron chi connectivity index (χ3n) is 3.99. The van der Waals surface area contributed by atoms with E-state index in [1.807, 2.05) is 24.3 Å². The standard InChI is InChI=1S/C21H16FNO2/c1-23-17-10-6-15(7-11-17)19-13-21(25-3)20(24-2)12-18(19)14-4-8-16(22)9-5-14/h4-13H,2-3H3. The molecule has 4 heteroatoms. The minimum absolute atomic E-state index is 0.285. The molecule has 0 aliphatic heterocycles. The summed E-state index contributed by atoms with van der Waals surface area (Å²) in [6.45, 7) is 7.09. The second kappa shape index (κ2) is 7.06. The Bertz CT molecular complexity index is 926. The lowest BCUT2D eigenvalue weighted by Gasteiger charge is -2.16. The topological polar surface area (TPSA) is 22.8 Å². The quantitative estimate of drug-likeness (QED) is 0.569. The van der Waals surface area contributed by atoms with Crippen LogP contribution in [0.5, 0.6) is 11.5 Å². The van der Waals surface area contributed by atoms with Gasteiger partial charge in [-0.15, -0.1) is 0 Å². The highest BCUT2D eigenvalue weighted by Crippen LogP contribution is 2.41. The molecule has 3 aromatic rings. The maximum Gasteiger partial charge on any atom is 0.187 e. The highest BCUT2D eigenvalue weighted by Gasteiger charge is 2.14. The first-order valence-corrected chi connectivity index (χ1v) is 7.66. The van der Waals surface area contributed by atoms with Gasteiger partial charge in [-0.2, -0.15) is 0 Å². The van der Waals surface area contributed by atoms with E-state index in [9.17, 15) is 4.39 Å². The third kappa shape index (κ3) is 3.31. The molecule has 3 aromatic carbocycles. The molecule has 0 fully saturated rings. The van der Waals surface area contributed by atoms with Gasteiger partial charge in [0.2, 0.25) is 0 Å². The Morgan fingerprint density at radius 2 is 1.20 bits per heavy atom. The molecule has 3 nitrogen and oxygen atoms in total. The minimum atomic E-state index is -0.285. The molecular weight excluding hydrogens is 317 g/mol. The van der Waals surface area contributed by atoms with Gasteiger partial charge in [-0.3, -0.25) is 0 Å². The monoisotopic (exact) mass is 333 g/mol. The van der Waals surface area contributed by atoms with Crippen molar-refractivity contribution in [3.63, 3.8) is 0 Å². The number of ether oxygens (including phenoxy) is 2. The Morgan fingerprint density at radius 1 is 0.760 bits per heavy atom. The van der Waals surface area contributed by atoms with Gasteiger partial charge < -0.3 is 9.47 Å². The van der Waals surface area contributed by atoms with Crippen LogP contribution in [0.3, 0.4) is 0 Å². The molecule has 0 spiro atoms. The van der Waals surface area contributed by atoms with E-state index in [4.69, 9.17) is 16.0 Å². The van der Waals surface area contributed by atoms with Crippen molar-refractivity contribution in [2.75, 3.05) is 14.2 Å². The van der Waals surface area contributed by atoms with E-state index in [1.54, 1.807) is 38.5 Å². The number of halogens is 1. The van der Waals surface area contributed by atoms with E-state index in [0.29, 0.717) is 17.2 Å². The average Bonchev–Trinajstić information content (AvgIpc) is 2.67. The van der Waals surface area contributed by atoms with Crippen molar-refractivity contribution in [2.45, 2.75) is 0 Å². The molecule has 124 valence electrons. The van der Waals surface area contributed by atoms with Crippen LogP contribution in [-0.4, -0.2) is 14.2 Å². The molecule has 0 radical (unpaired) electrons. The van der Waals surface area contributed by atoms with Crippen LogP contribution in [0.2, 0.25) is 0 Å². The average molecular weight is 333 g/mol. The SMILES string of the molecule is [C-]#[N+]c1ccc(-c2cc(OC)c(OC)cc2-c2ccc(F)cc2)cc1. The van der Waals surface area contributed by atoms with Crippen molar-refractivity contribution in [2.24, 2.45) is 0 Å². The zero-order valence-corrected chi connectivity index (χ0v) is 13.9. The molecule has 0 atom stereocenters. The Labute approximate surface area is 146 Å². The summed E-state index contributed by atoms with van der Waals surface area (Å²) < 4.78 is 24.1. The van der Waals surface area contributed by atoms with Crippen molar-refractivity contribution < 1.29 is 13.9 Å². The van der Waals surface area contributed by atoms with Gasteiger partial charge in [0.1, 0.15) is 5.82 Å². The van der Waals surface area contributed by atoms with Gasteiger partial charge in [-0.25, -0.2) is 9.24 Å². The highest BCUT2D eigenvalue weighted by atomic mass is 19.1. The van der Waals surface area contributed by atoms with Crippen molar-refractivity contribution in [3.05, 3.63) is 77.9 Å². The number of methoxy groups -OCH3 is 2. The summed E-state index contributed by atoms with van der Waals surface area (Å²) in [6.07, 6.45) is 0. The number of hydrogen-bond donors (Lipinski definition) is 0. The molecule has 3 rings (SSSR count). The molecular formula is C21H16FNO2. The maximum absolute atomic E-state index is 13.3. The molecule has 0 amide bonds. The zero-order valence-electron chi connectivity index (χ0n) is 13.9. The highest BCUT2D eigenvalue weighted by molar-refractivity contribution is 5.86. The van der Waals surface area contributed by atoms with Crippen molar-refractivity contribution in [3.8, 4) is 33.8 Å². The van der Waals surface area contributed by atoms with E-state index < -0.39 is 0 Å². The predicted molar refractivity (Wildman–Crippen MR) is 96.6 cm³/mol. The first-order chi connectivity index (χ1) is 12.2. The van der Waals surface area contributed by atoms with Crippen LogP contribution in [0.4, 0.5) is 10.1 Å². The van der Waals surface area contributed by atoms with E-state index in [2.05, 4.69) is 4.85 Å². The van der Waals surface area contributed by atoms with Gasteiger partial charge in [0.25, 0.3) is 0 Å². The first-order valence-electron chi connectivity index (χ1n) is 7.66. The fourth-order valence-corrected chi connectivity index (χ4v) is 2.70. The second-order valence-electron chi connectivity index (χ2n) is 5.42. The van der Waals surface area contributed by atoms with E-state index in [1.165, 1.54) is 12.1 Å². The number of hydrogen-bond acceptors (Lipinski definition) is 2. The number of benzene rings is 3. The lowest BCUT2D eigenvalue weighted by atomic mass is 9.93. The molecule has 0 bridgehead atoms. The van der Waals surface area contributed by atoms with Crippen LogP contribution >= 0.6 is 0 Å². The van der Waals surface area contributed by atoms with E-state index in [-0.39, 0.29) is 5.82 Å². The lowest BCUT2D eigenvalue weighted by molar-refractivity contribution is 0.355. The summed E-state index contributed by atoms with van der Waals surface area (Å²) in [5.41, 5.74) is 4.20. The fraction of sp³-hybridized carbons (Fsp3) is 0.0952. The molecule has 0 saturated heterocycles. The number of nitrogens with zero attached hydrogens (tertiary/aromatic N) is 1. The summed E-state index contributed by atoms with van der Waals surface area (Å²) in [7, 11) is 3.16. The molecule has 0 unspecified atom stereocenters. The van der Waals surface area contributed by atoms with E-state index >= 15 is 0 Å². The minimum Gasteiger partial charge on any atom is -0.493 e. The molecule has 0 heterocycles. The largest absolute Gasteiger partial charge is 0.493 e. The summed E-state index contributed by atoms with van der Waals surface area (Å²) >= 11 is 0. The van der Waals surface area contributed by atoms with E-state index in [0.717, 1.165) is 22.3 Å². The Morgan fingerprint density at radius 3 is 1.60 bits per heavy atom. The van der Waals surface area contributed by atoms with Crippen LogP contribution in [0.25, 0.3) is 27.1 Å². The van der Waals surface area contributed by atoms with Crippen molar-refractivity contribution in [1.29, 1.82) is 0 Å². The third-order valence-corrected chi connectivity index (χ3v) is 3.99. The number of rotatable bonds is 4. The molecule has 0 N–H and O–H groups in total. The fourth-order valence-electron chi connectivity index (χ4n) is 2.70. The van der Waals surface area contributed by atoms with Crippen LogP contribution in [0.15, 0.2) is 60.7 Å². The molecule has 0 aliphatic rings. The van der Waals surface area contributed by atoms with Crippen molar-refractivity contribution >= 4 is 5.69 Å². The first kappa shape index (κ1) is 16.5. The lowest BCUT2D eigenvalue weighted by Crippen LogP contribution is -1.94. The van der Waals surface area contributed by atoms with Crippen LogP contribution in [-0.2, 0) is 0 Å². The second-order valence-corrected chi connectivity index (χ2v) is 5.42. The zero-order chi connectivity index (χ0) is 17.8. The normalized spacial score (nSPS) is 10.2. The molecule has 0 saturated carbocycles. The van der Waals surface area contributed by atoms with Gasteiger partial charge >= 0.3 is 0 Å². The van der Waals surface area contributed by atoms with Crippen LogP contribution in [0, 0.1) is 12.4 Å². The van der Waals surface area contributed by atoms with Gasteiger partial charge in [-0.1, -0.05) is 36.4 Å². The van der Waals surface area contributed by atoms with Gasteiger partial charge in [-0.05, 0) is 46.5 Å². The van der Waals surface area contributed by atoms with Gasteiger partial charge in [0, 0.05) is 0 Å². The Balaban J connectivity index is 2.23.